The van der Waals surface area contributed by atoms with Crippen LogP contribution in [0.1, 0.15) is 57.6 Å². The predicted molar refractivity (Wildman–Crippen MR) is 210 cm³/mol. The Morgan fingerprint density at radius 1 is 0.946 bits per heavy atom. The number of anilines is 1. The number of aromatic nitrogens is 4. The van der Waals surface area contributed by atoms with E-state index in [0.717, 1.165) is 40.7 Å². The maximum absolute atomic E-state index is 13.9. The fourth-order valence-corrected chi connectivity index (χ4v) is 8.38. The molecule has 3 amide bonds. The molecular weight excluding hydrogens is 737 g/mol. The number of H-pyrrole nitrogens is 1. The van der Waals surface area contributed by atoms with E-state index in [1.165, 1.54) is 4.31 Å². The van der Waals surface area contributed by atoms with Gasteiger partial charge in [0, 0.05) is 43.2 Å². The van der Waals surface area contributed by atoms with Gasteiger partial charge in [0.25, 0.3) is 0 Å². The molecule has 1 saturated carbocycles. The fourth-order valence-electron chi connectivity index (χ4n) is 6.95. The van der Waals surface area contributed by atoms with Crippen LogP contribution in [-0.2, 0) is 35.5 Å². The molecule has 1 aromatic heterocycles. The van der Waals surface area contributed by atoms with Crippen LogP contribution in [0.25, 0.3) is 22.5 Å². The topological polar surface area (TPSA) is 198 Å². The fraction of sp³-hybridized carbons (Fsp3) is 0.450. The van der Waals surface area contributed by atoms with Crippen LogP contribution in [0.2, 0.25) is 0 Å². The Balaban J connectivity index is 1.14. The number of tetrazole rings is 1. The number of hydrogen-bond donors (Lipinski definition) is 4. The molecule has 6 rings (SSSR count). The number of ether oxygens (including phenoxy) is 2. The molecule has 2 aliphatic rings. The van der Waals surface area contributed by atoms with Crippen molar-refractivity contribution in [1.82, 2.24) is 35.6 Å². The smallest absolute Gasteiger partial charge is 0.407 e. The number of aromatic amines is 1. The molecule has 1 aliphatic carbocycles. The molecule has 298 valence electrons. The number of benzene rings is 3. The lowest BCUT2D eigenvalue weighted by molar-refractivity contribution is -0.130. The molecule has 1 saturated heterocycles. The van der Waals surface area contributed by atoms with Crippen molar-refractivity contribution in [2.75, 3.05) is 38.2 Å². The molecule has 2 heterocycles. The van der Waals surface area contributed by atoms with E-state index < -0.39 is 27.8 Å². The second kappa shape index (κ2) is 17.7. The van der Waals surface area contributed by atoms with E-state index in [1.807, 2.05) is 58.0 Å². The van der Waals surface area contributed by atoms with E-state index in [1.54, 1.807) is 36.4 Å². The lowest BCUT2D eigenvalue weighted by Crippen LogP contribution is -2.48. The van der Waals surface area contributed by atoms with E-state index in [9.17, 15) is 22.8 Å². The zero-order valence-corrected chi connectivity index (χ0v) is 33.0. The van der Waals surface area contributed by atoms with Crippen molar-refractivity contribution in [3.8, 4) is 22.5 Å². The lowest BCUT2D eigenvalue weighted by atomic mass is 9.81. The summed E-state index contributed by atoms with van der Waals surface area (Å²) in [4.78, 5) is 39.9. The van der Waals surface area contributed by atoms with Crippen molar-refractivity contribution >= 4 is 33.6 Å². The summed E-state index contributed by atoms with van der Waals surface area (Å²) in [6.07, 6.45) is 2.54. The summed E-state index contributed by atoms with van der Waals surface area (Å²) in [5, 5.41) is 22.8. The van der Waals surface area contributed by atoms with E-state index in [2.05, 4.69) is 36.6 Å². The summed E-state index contributed by atoms with van der Waals surface area (Å²) >= 11 is 0. The molecule has 4 N–H and O–H groups in total. The maximum Gasteiger partial charge on any atom is 0.407 e. The standard InChI is InChI=1S/C40H50N8O7S/c1-26-5-18-33(56(52,53)48-19-21-54-22-20-48)24-34(26)29-10-6-27(7-11-29)23-35(38(50)42-32-16-14-30(15-17-32)36-44-46-47-45-36)43-37(49)31-12-8-28(9-13-31)25-41-39(51)55-40(2,3)4/h5-7,10-11,14-18,24,28,31,35H,8-9,12-13,19-23,25H2,1-4H3,(H,41,51)(H,42,50)(H,43,49)(H,44,45,46,47)/t28?,31?,35-/m0/s1. The van der Waals surface area contributed by atoms with Gasteiger partial charge in [0.1, 0.15) is 11.6 Å². The quantitative estimate of drug-likeness (QED) is 0.154. The van der Waals surface area contributed by atoms with Gasteiger partial charge in [0.2, 0.25) is 27.7 Å². The van der Waals surface area contributed by atoms with Gasteiger partial charge in [-0.25, -0.2) is 13.2 Å². The van der Waals surface area contributed by atoms with Crippen LogP contribution in [0.5, 0.6) is 0 Å². The summed E-state index contributed by atoms with van der Waals surface area (Å²) in [6.45, 7) is 9.21. The molecule has 3 aromatic carbocycles. The number of carbonyl (C=O) groups is 3. The minimum absolute atomic E-state index is 0.193. The molecule has 0 unspecified atom stereocenters. The third-order valence-electron chi connectivity index (χ3n) is 10.1. The van der Waals surface area contributed by atoms with Crippen LogP contribution in [-0.4, -0.2) is 95.7 Å². The number of nitrogens with one attached hydrogen (secondary N) is 4. The zero-order chi connectivity index (χ0) is 39.9. The third-order valence-corrected chi connectivity index (χ3v) is 12.0. The Bertz CT molecular complexity index is 2070. The van der Waals surface area contributed by atoms with Crippen molar-refractivity contribution in [2.24, 2.45) is 11.8 Å². The van der Waals surface area contributed by atoms with Gasteiger partial charge in [0.15, 0.2) is 0 Å². The molecule has 1 atom stereocenters. The van der Waals surface area contributed by atoms with Gasteiger partial charge < -0.3 is 25.4 Å². The van der Waals surface area contributed by atoms with Crippen LogP contribution in [0.4, 0.5) is 10.5 Å². The number of rotatable bonds is 12. The number of morpholine rings is 1. The van der Waals surface area contributed by atoms with Crippen LogP contribution >= 0.6 is 0 Å². The first-order chi connectivity index (χ1) is 26.7. The number of alkyl carbamates (subject to hydrolysis) is 1. The number of sulfonamides is 1. The van der Waals surface area contributed by atoms with E-state index in [4.69, 9.17) is 9.47 Å². The van der Waals surface area contributed by atoms with Crippen molar-refractivity contribution in [3.63, 3.8) is 0 Å². The average Bonchev–Trinajstić information content (AvgIpc) is 3.73. The summed E-state index contributed by atoms with van der Waals surface area (Å²) in [7, 11) is -3.68. The number of amides is 3. The predicted octanol–water partition coefficient (Wildman–Crippen LogP) is 4.86. The first-order valence-corrected chi connectivity index (χ1v) is 20.4. The van der Waals surface area contributed by atoms with E-state index in [-0.39, 0.29) is 35.0 Å². The van der Waals surface area contributed by atoms with Gasteiger partial charge in [0.05, 0.1) is 18.1 Å². The Kier molecular flexibility index (Phi) is 12.8. The SMILES string of the molecule is Cc1ccc(S(=O)(=O)N2CCOCC2)cc1-c1ccc(C[C@H](NC(=O)C2CCC(CNC(=O)OC(C)(C)C)CC2)C(=O)Nc2ccc(-c3nn[nH]n3)cc2)cc1. The second-order valence-electron chi connectivity index (χ2n) is 15.4. The van der Waals surface area contributed by atoms with E-state index in [0.29, 0.717) is 57.2 Å². The molecule has 16 heteroatoms. The normalized spacial score (nSPS) is 18.4. The van der Waals surface area contributed by atoms with Crippen LogP contribution in [0.15, 0.2) is 71.6 Å². The van der Waals surface area contributed by atoms with Gasteiger partial charge in [-0.2, -0.15) is 9.52 Å². The van der Waals surface area contributed by atoms with Crippen molar-refractivity contribution < 1.29 is 32.3 Å². The summed E-state index contributed by atoms with van der Waals surface area (Å²) in [5.74, 6) is -0.192. The lowest BCUT2D eigenvalue weighted by Gasteiger charge is -2.29. The monoisotopic (exact) mass is 786 g/mol. The van der Waals surface area contributed by atoms with E-state index >= 15 is 0 Å². The Morgan fingerprint density at radius 2 is 1.62 bits per heavy atom. The Morgan fingerprint density at radius 3 is 2.27 bits per heavy atom. The molecule has 1 aliphatic heterocycles. The highest BCUT2D eigenvalue weighted by Gasteiger charge is 2.31. The van der Waals surface area contributed by atoms with Gasteiger partial charge in [-0.1, -0.05) is 30.3 Å². The molecule has 0 bridgehead atoms. The number of carbonyl (C=O) groups excluding carboxylic acids is 3. The highest BCUT2D eigenvalue weighted by Crippen LogP contribution is 2.31. The van der Waals surface area contributed by atoms with Crippen LogP contribution in [0.3, 0.4) is 0 Å². The number of nitrogens with zero attached hydrogens (tertiary/aromatic N) is 4. The largest absolute Gasteiger partial charge is 0.444 e. The van der Waals surface area contributed by atoms with Gasteiger partial charge >= 0.3 is 6.09 Å². The molecule has 0 spiro atoms. The van der Waals surface area contributed by atoms with Gasteiger partial charge in [-0.3, -0.25) is 9.59 Å². The summed E-state index contributed by atoms with van der Waals surface area (Å²) in [6, 6.07) is 18.9. The van der Waals surface area contributed by atoms with Gasteiger partial charge in [-0.05, 0) is 123 Å². The van der Waals surface area contributed by atoms with Crippen molar-refractivity contribution in [1.29, 1.82) is 0 Å². The highest BCUT2D eigenvalue weighted by atomic mass is 32.2. The minimum atomic E-state index is -3.68. The Labute approximate surface area is 327 Å². The summed E-state index contributed by atoms with van der Waals surface area (Å²) in [5.41, 5.74) is 4.03. The molecule has 4 aromatic rings. The van der Waals surface area contributed by atoms with Gasteiger partial charge in [-0.15, -0.1) is 10.2 Å². The molecule has 15 nitrogen and oxygen atoms in total. The van der Waals surface area contributed by atoms with Crippen molar-refractivity contribution in [3.05, 3.63) is 77.9 Å². The first-order valence-electron chi connectivity index (χ1n) is 18.9. The molecule has 2 fully saturated rings. The maximum atomic E-state index is 13.9. The summed E-state index contributed by atoms with van der Waals surface area (Å²) < 4.78 is 39.0. The zero-order valence-electron chi connectivity index (χ0n) is 32.2. The molecule has 56 heavy (non-hydrogen) atoms. The van der Waals surface area contributed by atoms with Crippen molar-refractivity contribution in [2.45, 2.75) is 76.3 Å². The minimum Gasteiger partial charge on any atom is -0.444 e. The highest BCUT2D eigenvalue weighted by molar-refractivity contribution is 7.89. The third kappa shape index (κ3) is 10.6. The Hall–Kier alpha value is -5.19. The number of aryl methyl sites for hydroxylation is 1. The van der Waals surface area contributed by atoms with Crippen LogP contribution in [0, 0.1) is 18.8 Å². The molecule has 0 radical (unpaired) electrons. The second-order valence-corrected chi connectivity index (χ2v) is 17.3. The number of hydrogen-bond acceptors (Lipinski definition) is 10. The first kappa shape index (κ1) is 40.5. The average molecular weight is 787 g/mol. The molecular formula is C40H50N8O7S. The van der Waals surface area contributed by atoms with Crippen LogP contribution < -0.4 is 16.0 Å².